The SMILES string of the molecule is CC(C)NC(=O)OCC1=C(COC(=O)NC(C)C)[C@@H](c2ccccc2)N(C)[C@H]1c1ccccc1. The molecule has 0 aromatic heterocycles. The summed E-state index contributed by atoms with van der Waals surface area (Å²) in [6.45, 7) is 7.72. The van der Waals surface area contributed by atoms with Crippen molar-refractivity contribution in [3.05, 3.63) is 82.9 Å². The van der Waals surface area contributed by atoms with Crippen LogP contribution in [0.25, 0.3) is 0 Å². The molecule has 182 valence electrons. The predicted molar refractivity (Wildman–Crippen MR) is 132 cm³/mol. The fourth-order valence-electron chi connectivity index (χ4n) is 4.32. The van der Waals surface area contributed by atoms with E-state index in [0.717, 1.165) is 22.3 Å². The van der Waals surface area contributed by atoms with Gasteiger partial charge in [-0.25, -0.2) is 9.59 Å². The highest BCUT2D eigenvalue weighted by Crippen LogP contribution is 2.47. The number of amides is 2. The normalized spacial score (nSPS) is 18.3. The first-order valence-corrected chi connectivity index (χ1v) is 11.7. The summed E-state index contributed by atoms with van der Waals surface area (Å²) in [4.78, 5) is 26.9. The van der Waals surface area contributed by atoms with Gasteiger partial charge in [0.1, 0.15) is 13.2 Å². The largest absolute Gasteiger partial charge is 0.445 e. The van der Waals surface area contributed by atoms with E-state index in [1.54, 1.807) is 0 Å². The van der Waals surface area contributed by atoms with Crippen LogP contribution in [0.3, 0.4) is 0 Å². The maximum Gasteiger partial charge on any atom is 0.407 e. The standard InChI is InChI=1S/C27H35N3O4/c1-18(2)28-26(31)33-16-22-23(17-34-27(32)29-19(3)4)25(21-14-10-7-11-15-21)30(5)24(22)20-12-8-6-9-13-20/h6-15,18-19,24-25H,16-17H2,1-5H3,(H,28,31)(H,29,32)/t24-,25+. The molecule has 0 saturated heterocycles. The van der Waals surface area contributed by atoms with Gasteiger partial charge in [-0.1, -0.05) is 60.7 Å². The number of likely N-dealkylation sites (N-methyl/N-ethyl adjacent to an activating group) is 1. The zero-order valence-electron chi connectivity index (χ0n) is 20.6. The van der Waals surface area contributed by atoms with Crippen molar-refractivity contribution >= 4 is 12.2 Å². The van der Waals surface area contributed by atoms with Crippen molar-refractivity contribution in [2.24, 2.45) is 0 Å². The van der Waals surface area contributed by atoms with Gasteiger partial charge in [-0.2, -0.15) is 0 Å². The molecule has 34 heavy (non-hydrogen) atoms. The third-order valence-corrected chi connectivity index (χ3v) is 5.65. The molecule has 0 radical (unpaired) electrons. The van der Waals surface area contributed by atoms with Gasteiger partial charge in [0.25, 0.3) is 0 Å². The average Bonchev–Trinajstić information content (AvgIpc) is 3.07. The van der Waals surface area contributed by atoms with E-state index >= 15 is 0 Å². The second-order valence-corrected chi connectivity index (χ2v) is 9.09. The van der Waals surface area contributed by atoms with Gasteiger partial charge in [0, 0.05) is 12.1 Å². The van der Waals surface area contributed by atoms with Gasteiger partial charge < -0.3 is 20.1 Å². The van der Waals surface area contributed by atoms with Crippen LogP contribution >= 0.6 is 0 Å². The van der Waals surface area contributed by atoms with Crippen molar-refractivity contribution in [1.29, 1.82) is 0 Å². The van der Waals surface area contributed by atoms with Gasteiger partial charge >= 0.3 is 12.2 Å². The molecule has 1 aliphatic rings. The van der Waals surface area contributed by atoms with Gasteiger partial charge in [0.05, 0.1) is 12.1 Å². The Morgan fingerprint density at radius 2 is 1.09 bits per heavy atom. The van der Waals surface area contributed by atoms with E-state index in [1.807, 2.05) is 71.1 Å². The highest BCUT2D eigenvalue weighted by Gasteiger charge is 2.40. The molecule has 0 fully saturated rings. The summed E-state index contributed by atoms with van der Waals surface area (Å²) in [5, 5.41) is 5.54. The first kappa shape index (κ1) is 25.3. The number of rotatable bonds is 8. The van der Waals surface area contributed by atoms with Gasteiger partial charge in [0.15, 0.2) is 0 Å². The molecular weight excluding hydrogens is 430 g/mol. The molecule has 0 unspecified atom stereocenters. The third-order valence-electron chi connectivity index (χ3n) is 5.65. The van der Waals surface area contributed by atoms with E-state index in [1.165, 1.54) is 0 Å². The number of ether oxygens (including phenoxy) is 2. The lowest BCUT2D eigenvalue weighted by molar-refractivity contribution is 0.146. The molecule has 3 rings (SSSR count). The van der Waals surface area contributed by atoms with Crippen LogP contribution in [0.1, 0.15) is 50.9 Å². The number of nitrogens with one attached hydrogen (secondary N) is 2. The second kappa shape index (κ2) is 11.7. The van der Waals surface area contributed by atoms with Gasteiger partial charge in [0.2, 0.25) is 0 Å². The fraction of sp³-hybridized carbons (Fsp3) is 0.407. The number of nitrogens with zero attached hydrogens (tertiary/aromatic N) is 1. The monoisotopic (exact) mass is 465 g/mol. The minimum Gasteiger partial charge on any atom is -0.445 e. The van der Waals surface area contributed by atoms with Crippen LogP contribution in [0.2, 0.25) is 0 Å². The minimum absolute atomic E-state index is 0.0303. The zero-order valence-corrected chi connectivity index (χ0v) is 20.6. The zero-order chi connectivity index (χ0) is 24.7. The summed E-state index contributed by atoms with van der Waals surface area (Å²) in [5.41, 5.74) is 3.99. The molecule has 2 aromatic rings. The Morgan fingerprint density at radius 3 is 1.41 bits per heavy atom. The van der Waals surface area contributed by atoms with E-state index in [-0.39, 0.29) is 37.4 Å². The van der Waals surface area contributed by atoms with Crippen molar-refractivity contribution < 1.29 is 19.1 Å². The predicted octanol–water partition coefficient (Wildman–Crippen LogP) is 4.98. The highest BCUT2D eigenvalue weighted by molar-refractivity contribution is 5.68. The average molecular weight is 466 g/mol. The number of carbonyl (C=O) groups excluding carboxylic acids is 2. The summed E-state index contributed by atoms with van der Waals surface area (Å²) in [5.74, 6) is 0. The summed E-state index contributed by atoms with van der Waals surface area (Å²) in [7, 11) is 2.05. The van der Waals surface area contributed by atoms with E-state index in [9.17, 15) is 9.59 Å². The lowest BCUT2D eigenvalue weighted by Crippen LogP contribution is -2.32. The van der Waals surface area contributed by atoms with Crippen molar-refractivity contribution in [2.75, 3.05) is 20.3 Å². The van der Waals surface area contributed by atoms with Crippen LogP contribution in [0.15, 0.2) is 71.8 Å². The molecule has 0 spiro atoms. The van der Waals surface area contributed by atoms with Crippen molar-refractivity contribution in [1.82, 2.24) is 15.5 Å². The van der Waals surface area contributed by atoms with Crippen molar-refractivity contribution in [2.45, 2.75) is 51.9 Å². The van der Waals surface area contributed by atoms with E-state index < -0.39 is 12.2 Å². The summed E-state index contributed by atoms with van der Waals surface area (Å²) >= 11 is 0. The smallest absolute Gasteiger partial charge is 0.407 e. The lowest BCUT2D eigenvalue weighted by Gasteiger charge is -2.29. The maximum absolute atomic E-state index is 12.3. The molecule has 2 aromatic carbocycles. The lowest BCUT2D eigenvalue weighted by atomic mass is 9.96. The molecule has 1 heterocycles. The first-order valence-electron chi connectivity index (χ1n) is 11.7. The Labute approximate surface area is 202 Å². The van der Waals surface area contributed by atoms with Crippen LogP contribution in [-0.4, -0.2) is 49.4 Å². The molecule has 7 heteroatoms. The van der Waals surface area contributed by atoms with Gasteiger partial charge in [-0.3, -0.25) is 4.90 Å². The summed E-state index contributed by atoms with van der Waals surface area (Å²) in [6, 6.07) is 19.9. The Balaban J connectivity index is 2.01. The van der Waals surface area contributed by atoms with Crippen LogP contribution in [0.4, 0.5) is 9.59 Å². The minimum atomic E-state index is -0.474. The number of alkyl carbamates (subject to hydrolysis) is 2. The van der Waals surface area contributed by atoms with Crippen LogP contribution in [-0.2, 0) is 9.47 Å². The number of hydrogen-bond donors (Lipinski definition) is 2. The van der Waals surface area contributed by atoms with E-state index in [0.29, 0.717) is 0 Å². The Hall–Kier alpha value is -3.32. The third kappa shape index (κ3) is 6.38. The quantitative estimate of drug-likeness (QED) is 0.538. The topological polar surface area (TPSA) is 79.9 Å². The number of hydrogen-bond acceptors (Lipinski definition) is 5. The Bertz CT molecular complexity index is 910. The molecule has 2 atom stereocenters. The van der Waals surface area contributed by atoms with E-state index in [4.69, 9.17) is 9.47 Å². The van der Waals surface area contributed by atoms with Gasteiger partial charge in [-0.05, 0) is 57.0 Å². The Kier molecular flexibility index (Phi) is 8.71. The highest BCUT2D eigenvalue weighted by atomic mass is 16.6. The van der Waals surface area contributed by atoms with Crippen LogP contribution in [0.5, 0.6) is 0 Å². The molecule has 0 bridgehead atoms. The molecule has 0 saturated carbocycles. The molecule has 2 amide bonds. The van der Waals surface area contributed by atoms with Crippen LogP contribution in [0, 0.1) is 0 Å². The van der Waals surface area contributed by atoms with Crippen molar-refractivity contribution in [3.8, 4) is 0 Å². The fourth-order valence-corrected chi connectivity index (χ4v) is 4.32. The van der Waals surface area contributed by atoms with Crippen molar-refractivity contribution in [3.63, 3.8) is 0 Å². The van der Waals surface area contributed by atoms with Crippen LogP contribution < -0.4 is 10.6 Å². The van der Waals surface area contributed by atoms with Gasteiger partial charge in [-0.15, -0.1) is 0 Å². The molecule has 7 nitrogen and oxygen atoms in total. The molecular formula is C27H35N3O4. The molecule has 2 N–H and O–H groups in total. The number of carbonyl (C=O) groups is 2. The number of benzene rings is 2. The maximum atomic E-state index is 12.3. The Morgan fingerprint density at radius 1 is 0.735 bits per heavy atom. The second-order valence-electron chi connectivity index (χ2n) is 9.09. The summed E-state index contributed by atoms with van der Waals surface area (Å²) in [6.07, 6.45) is -0.948. The molecule has 1 aliphatic heterocycles. The first-order chi connectivity index (χ1) is 16.3. The molecule has 0 aliphatic carbocycles. The summed E-state index contributed by atoms with van der Waals surface area (Å²) < 4.78 is 11.3. The van der Waals surface area contributed by atoms with E-state index in [2.05, 4.69) is 39.8 Å².